The van der Waals surface area contributed by atoms with Gasteiger partial charge in [0, 0.05) is 12.8 Å². The minimum Gasteiger partial charge on any atom is -0.481 e. The van der Waals surface area contributed by atoms with Crippen molar-refractivity contribution in [2.75, 3.05) is 0 Å². The Labute approximate surface area is 99.3 Å². The van der Waals surface area contributed by atoms with Crippen LogP contribution in [0.4, 0.5) is 0 Å². The number of carboxylic acid groups (broad SMARTS) is 1. The maximum Gasteiger partial charge on any atom is 0.303 e. The van der Waals surface area contributed by atoms with Gasteiger partial charge in [-0.1, -0.05) is 6.07 Å². The maximum absolute atomic E-state index is 10.3. The number of hydrogen-bond acceptors (Lipinski definition) is 3. The van der Waals surface area contributed by atoms with Gasteiger partial charge in [-0.2, -0.15) is 0 Å². The zero-order valence-electron chi connectivity index (χ0n) is 9.77. The summed E-state index contributed by atoms with van der Waals surface area (Å²) in [7, 11) is 0. The Morgan fingerprint density at radius 2 is 2.24 bits per heavy atom. The van der Waals surface area contributed by atoms with Crippen LogP contribution in [0.15, 0.2) is 22.6 Å². The molecule has 90 valence electrons. The molecule has 0 aliphatic heterocycles. The summed E-state index contributed by atoms with van der Waals surface area (Å²) in [6.45, 7) is 2.01. The first-order chi connectivity index (χ1) is 8.15. The van der Waals surface area contributed by atoms with E-state index < -0.39 is 5.97 Å². The first kappa shape index (κ1) is 11.6. The van der Waals surface area contributed by atoms with Crippen molar-refractivity contribution in [3.8, 4) is 0 Å². The average Bonchev–Trinajstić information content (AvgIpc) is 2.66. The molecule has 0 fully saturated rings. The van der Waals surface area contributed by atoms with E-state index in [0.717, 1.165) is 23.1 Å². The van der Waals surface area contributed by atoms with Crippen molar-refractivity contribution in [3.05, 3.63) is 29.7 Å². The number of oxazole rings is 1. The van der Waals surface area contributed by atoms with Crippen molar-refractivity contribution < 1.29 is 14.3 Å². The molecule has 2 aromatic rings. The molecule has 0 unspecified atom stereocenters. The fourth-order valence-corrected chi connectivity index (χ4v) is 1.74. The molecule has 2 rings (SSSR count). The van der Waals surface area contributed by atoms with Crippen LogP contribution in [0.1, 0.15) is 30.7 Å². The Balaban J connectivity index is 1.97. The highest BCUT2D eigenvalue weighted by molar-refractivity contribution is 5.73. The van der Waals surface area contributed by atoms with Crippen LogP contribution in [0.3, 0.4) is 0 Å². The van der Waals surface area contributed by atoms with Crippen LogP contribution in [-0.2, 0) is 11.2 Å². The predicted molar refractivity (Wildman–Crippen MR) is 63.9 cm³/mol. The summed E-state index contributed by atoms with van der Waals surface area (Å²) in [6.07, 6.45) is 2.35. The van der Waals surface area contributed by atoms with E-state index in [1.165, 1.54) is 0 Å². The first-order valence-electron chi connectivity index (χ1n) is 5.73. The molecule has 1 aromatic heterocycles. The number of rotatable bonds is 5. The molecule has 4 heteroatoms. The third-order valence-electron chi connectivity index (χ3n) is 2.62. The van der Waals surface area contributed by atoms with Crippen LogP contribution in [-0.4, -0.2) is 16.1 Å². The third-order valence-corrected chi connectivity index (χ3v) is 2.62. The molecule has 4 nitrogen and oxygen atoms in total. The van der Waals surface area contributed by atoms with Crippen molar-refractivity contribution in [1.82, 2.24) is 4.98 Å². The van der Waals surface area contributed by atoms with Gasteiger partial charge in [0.1, 0.15) is 5.52 Å². The number of aromatic nitrogens is 1. The zero-order chi connectivity index (χ0) is 12.3. The number of hydrogen-bond donors (Lipinski definition) is 1. The molecular weight excluding hydrogens is 218 g/mol. The van der Waals surface area contributed by atoms with Gasteiger partial charge in [-0.05, 0) is 37.5 Å². The molecule has 0 saturated carbocycles. The van der Waals surface area contributed by atoms with Crippen LogP contribution in [0.25, 0.3) is 11.1 Å². The van der Waals surface area contributed by atoms with Crippen LogP contribution in [0.5, 0.6) is 0 Å². The summed E-state index contributed by atoms with van der Waals surface area (Å²) in [5.41, 5.74) is 2.82. The van der Waals surface area contributed by atoms with Gasteiger partial charge in [0.15, 0.2) is 11.5 Å². The van der Waals surface area contributed by atoms with E-state index in [2.05, 4.69) is 4.98 Å². The van der Waals surface area contributed by atoms with Crippen molar-refractivity contribution in [2.24, 2.45) is 0 Å². The molecule has 0 spiro atoms. The summed E-state index contributed by atoms with van der Waals surface area (Å²) in [6, 6.07) is 5.89. The van der Waals surface area contributed by atoms with Gasteiger partial charge in [-0.3, -0.25) is 4.79 Å². The van der Waals surface area contributed by atoms with E-state index in [4.69, 9.17) is 9.52 Å². The van der Waals surface area contributed by atoms with E-state index >= 15 is 0 Å². The molecule has 17 heavy (non-hydrogen) atoms. The largest absolute Gasteiger partial charge is 0.481 e. The molecule has 0 aliphatic carbocycles. The van der Waals surface area contributed by atoms with Crippen molar-refractivity contribution in [2.45, 2.75) is 32.6 Å². The minimum absolute atomic E-state index is 0.208. The third kappa shape index (κ3) is 3.06. The highest BCUT2D eigenvalue weighted by atomic mass is 16.4. The molecule has 0 amide bonds. The second-order valence-corrected chi connectivity index (χ2v) is 4.18. The second-order valence-electron chi connectivity index (χ2n) is 4.18. The Morgan fingerprint density at radius 1 is 1.41 bits per heavy atom. The van der Waals surface area contributed by atoms with Crippen molar-refractivity contribution >= 4 is 17.1 Å². The molecule has 0 radical (unpaired) electrons. The van der Waals surface area contributed by atoms with E-state index in [1.807, 2.05) is 25.1 Å². The molecule has 0 saturated heterocycles. The quantitative estimate of drug-likeness (QED) is 0.806. The highest BCUT2D eigenvalue weighted by Gasteiger charge is 2.06. The normalized spacial score (nSPS) is 10.9. The Bertz CT molecular complexity index is 530. The molecular formula is C13H15NO3. The summed E-state index contributed by atoms with van der Waals surface area (Å²) in [4.78, 5) is 14.7. The van der Waals surface area contributed by atoms with Gasteiger partial charge in [-0.15, -0.1) is 0 Å². The van der Waals surface area contributed by atoms with Crippen molar-refractivity contribution in [1.29, 1.82) is 0 Å². The highest BCUT2D eigenvalue weighted by Crippen LogP contribution is 2.18. The van der Waals surface area contributed by atoms with E-state index in [-0.39, 0.29) is 6.42 Å². The number of aliphatic carboxylic acids is 1. The molecule has 0 bridgehead atoms. The van der Waals surface area contributed by atoms with Crippen LogP contribution in [0.2, 0.25) is 0 Å². The second kappa shape index (κ2) is 4.99. The monoisotopic (exact) mass is 233 g/mol. The molecule has 1 N–H and O–H groups in total. The van der Waals surface area contributed by atoms with E-state index in [1.54, 1.807) is 0 Å². The van der Waals surface area contributed by atoms with Crippen LogP contribution < -0.4 is 0 Å². The summed E-state index contributed by atoms with van der Waals surface area (Å²) in [5, 5.41) is 8.52. The Kier molecular flexibility index (Phi) is 3.42. The Hall–Kier alpha value is -1.84. The van der Waals surface area contributed by atoms with Gasteiger partial charge in [-0.25, -0.2) is 4.98 Å². The number of carbonyl (C=O) groups is 1. The van der Waals surface area contributed by atoms with E-state index in [0.29, 0.717) is 18.7 Å². The zero-order valence-corrected chi connectivity index (χ0v) is 9.77. The average molecular weight is 233 g/mol. The lowest BCUT2D eigenvalue weighted by Crippen LogP contribution is -1.94. The number of nitrogens with zero attached hydrogens (tertiary/aromatic N) is 1. The molecule has 1 aromatic carbocycles. The van der Waals surface area contributed by atoms with Gasteiger partial charge in [0.2, 0.25) is 0 Å². The fourth-order valence-electron chi connectivity index (χ4n) is 1.74. The summed E-state index contributed by atoms with van der Waals surface area (Å²) < 4.78 is 5.57. The van der Waals surface area contributed by atoms with E-state index in [9.17, 15) is 4.79 Å². The van der Waals surface area contributed by atoms with Gasteiger partial charge in [0.25, 0.3) is 0 Å². The van der Waals surface area contributed by atoms with Crippen molar-refractivity contribution in [3.63, 3.8) is 0 Å². The standard InChI is InChI=1S/C13H15NO3/c1-9-6-7-11-10(8-9)14-12(17-11)4-2-3-5-13(15)16/h6-8H,2-5H2,1H3,(H,15,16). The number of fused-ring (bicyclic) bond motifs is 1. The summed E-state index contributed by atoms with van der Waals surface area (Å²) in [5.74, 6) is -0.0609. The number of unbranched alkanes of at least 4 members (excludes halogenated alkanes) is 1. The Morgan fingerprint density at radius 3 is 3.00 bits per heavy atom. The van der Waals surface area contributed by atoms with Crippen LogP contribution in [0, 0.1) is 6.92 Å². The number of benzene rings is 1. The predicted octanol–water partition coefficient (Wildman–Crippen LogP) is 2.93. The molecule has 1 heterocycles. The first-order valence-corrected chi connectivity index (χ1v) is 5.73. The smallest absolute Gasteiger partial charge is 0.303 e. The molecule has 0 atom stereocenters. The fraction of sp³-hybridized carbons (Fsp3) is 0.385. The van der Waals surface area contributed by atoms with Crippen LogP contribution >= 0.6 is 0 Å². The topological polar surface area (TPSA) is 63.3 Å². The minimum atomic E-state index is -0.752. The van der Waals surface area contributed by atoms with Gasteiger partial charge >= 0.3 is 5.97 Å². The van der Waals surface area contributed by atoms with Gasteiger partial charge in [0.05, 0.1) is 0 Å². The maximum atomic E-state index is 10.3. The number of aryl methyl sites for hydroxylation is 2. The SMILES string of the molecule is Cc1ccc2oc(CCCCC(=O)O)nc2c1. The van der Waals surface area contributed by atoms with Gasteiger partial charge < -0.3 is 9.52 Å². The number of carboxylic acids is 1. The summed E-state index contributed by atoms with van der Waals surface area (Å²) >= 11 is 0. The molecule has 0 aliphatic rings. The lowest BCUT2D eigenvalue weighted by atomic mass is 10.2. The lowest BCUT2D eigenvalue weighted by Gasteiger charge is -1.93. The lowest BCUT2D eigenvalue weighted by molar-refractivity contribution is -0.137.